The van der Waals surface area contributed by atoms with Crippen molar-refractivity contribution in [3.05, 3.63) is 29.3 Å². The number of benzene rings is 1. The number of rotatable bonds is 2. The second-order valence-corrected chi connectivity index (χ2v) is 4.97. The molecule has 1 aromatic rings. The summed E-state index contributed by atoms with van der Waals surface area (Å²) in [7, 11) is 2.09. The molecule has 16 heavy (non-hydrogen) atoms. The van der Waals surface area contributed by atoms with Crippen molar-refractivity contribution in [1.29, 1.82) is 0 Å². The molecule has 2 nitrogen and oxygen atoms in total. The van der Waals surface area contributed by atoms with E-state index in [1.165, 1.54) is 16.8 Å². The Morgan fingerprint density at radius 3 is 2.56 bits per heavy atom. The summed E-state index contributed by atoms with van der Waals surface area (Å²) in [5.74, 6) is 0. The summed E-state index contributed by atoms with van der Waals surface area (Å²) in [6, 6.07) is 6.80. The minimum Gasteiger partial charge on any atom is -0.391 e. The van der Waals surface area contributed by atoms with Gasteiger partial charge in [-0.1, -0.05) is 17.7 Å². The van der Waals surface area contributed by atoms with Gasteiger partial charge in [-0.15, -0.1) is 0 Å². The highest BCUT2D eigenvalue weighted by Gasteiger charge is 2.29. The van der Waals surface area contributed by atoms with Gasteiger partial charge in [0.15, 0.2) is 0 Å². The predicted octanol–water partition coefficient (Wildman–Crippen LogP) is 2.65. The molecule has 1 aromatic carbocycles. The van der Waals surface area contributed by atoms with E-state index in [1.54, 1.807) is 0 Å². The number of aryl methyl sites for hydroxylation is 2. The van der Waals surface area contributed by atoms with E-state index < -0.39 is 0 Å². The first-order valence-electron chi connectivity index (χ1n) is 6.08. The molecule has 1 aliphatic carbocycles. The zero-order valence-corrected chi connectivity index (χ0v) is 10.4. The lowest BCUT2D eigenvalue weighted by atomic mass is 10.1. The van der Waals surface area contributed by atoms with Gasteiger partial charge in [-0.3, -0.25) is 0 Å². The van der Waals surface area contributed by atoms with Crippen molar-refractivity contribution in [2.45, 2.75) is 45.3 Å². The summed E-state index contributed by atoms with van der Waals surface area (Å²) >= 11 is 0. The molecule has 2 heteroatoms. The van der Waals surface area contributed by atoms with Crippen molar-refractivity contribution < 1.29 is 5.11 Å². The Hall–Kier alpha value is -1.02. The highest BCUT2D eigenvalue weighted by atomic mass is 16.3. The van der Waals surface area contributed by atoms with Crippen molar-refractivity contribution in [3.63, 3.8) is 0 Å². The quantitative estimate of drug-likeness (QED) is 0.826. The van der Waals surface area contributed by atoms with E-state index in [-0.39, 0.29) is 6.10 Å². The molecule has 0 spiro atoms. The van der Waals surface area contributed by atoms with Crippen molar-refractivity contribution in [3.8, 4) is 0 Å². The van der Waals surface area contributed by atoms with E-state index in [1.807, 2.05) is 0 Å². The normalized spacial score (nSPS) is 24.8. The minimum atomic E-state index is -0.161. The molecule has 2 rings (SSSR count). The van der Waals surface area contributed by atoms with Crippen LogP contribution in [0.2, 0.25) is 0 Å². The van der Waals surface area contributed by atoms with Crippen LogP contribution in [0, 0.1) is 13.8 Å². The lowest BCUT2D eigenvalue weighted by Crippen LogP contribution is -2.37. The van der Waals surface area contributed by atoms with E-state index in [0.717, 1.165) is 19.3 Å². The lowest BCUT2D eigenvalue weighted by molar-refractivity contribution is 0.163. The first kappa shape index (κ1) is 11.5. The molecule has 0 heterocycles. The van der Waals surface area contributed by atoms with Crippen LogP contribution in [0.25, 0.3) is 0 Å². The third-order valence-corrected chi connectivity index (χ3v) is 3.67. The smallest absolute Gasteiger partial charge is 0.0743 e. The van der Waals surface area contributed by atoms with Gasteiger partial charge in [-0.25, -0.2) is 0 Å². The van der Waals surface area contributed by atoms with Crippen LogP contribution in [-0.4, -0.2) is 24.3 Å². The Balaban J connectivity index is 2.23. The Bertz CT molecular complexity index is 375. The average Bonchev–Trinajstić information content (AvgIpc) is 2.63. The molecule has 0 bridgehead atoms. The maximum absolute atomic E-state index is 9.92. The molecular weight excluding hydrogens is 198 g/mol. The molecule has 0 saturated heterocycles. The third-order valence-electron chi connectivity index (χ3n) is 3.67. The molecule has 1 N–H and O–H groups in total. The molecule has 1 aliphatic rings. The number of anilines is 1. The molecular formula is C14H21NO. The Morgan fingerprint density at radius 1 is 1.25 bits per heavy atom. The highest BCUT2D eigenvalue weighted by Crippen LogP contribution is 2.29. The van der Waals surface area contributed by atoms with Crippen molar-refractivity contribution >= 4 is 5.69 Å². The fourth-order valence-corrected chi connectivity index (χ4v) is 2.75. The van der Waals surface area contributed by atoms with E-state index in [2.05, 4.69) is 44.0 Å². The van der Waals surface area contributed by atoms with Gasteiger partial charge < -0.3 is 10.0 Å². The highest BCUT2D eigenvalue weighted by molar-refractivity contribution is 5.54. The van der Waals surface area contributed by atoms with E-state index >= 15 is 0 Å². The second-order valence-electron chi connectivity index (χ2n) is 4.97. The zero-order valence-electron chi connectivity index (χ0n) is 10.4. The maximum atomic E-state index is 9.92. The topological polar surface area (TPSA) is 23.5 Å². The molecule has 1 fully saturated rings. The molecule has 0 radical (unpaired) electrons. The molecule has 0 unspecified atom stereocenters. The van der Waals surface area contributed by atoms with Gasteiger partial charge >= 0.3 is 0 Å². The molecule has 88 valence electrons. The van der Waals surface area contributed by atoms with Crippen LogP contribution in [0.15, 0.2) is 18.2 Å². The number of aliphatic hydroxyl groups excluding tert-OH is 1. The van der Waals surface area contributed by atoms with Gasteiger partial charge in [-0.2, -0.15) is 0 Å². The summed E-state index contributed by atoms with van der Waals surface area (Å²) in [5.41, 5.74) is 3.83. The average molecular weight is 219 g/mol. The van der Waals surface area contributed by atoms with Crippen LogP contribution in [0.1, 0.15) is 30.4 Å². The van der Waals surface area contributed by atoms with Crippen LogP contribution >= 0.6 is 0 Å². The van der Waals surface area contributed by atoms with E-state index in [4.69, 9.17) is 0 Å². The van der Waals surface area contributed by atoms with Crippen molar-refractivity contribution in [2.24, 2.45) is 0 Å². The number of likely N-dealkylation sites (N-methyl/N-ethyl adjacent to an activating group) is 1. The van der Waals surface area contributed by atoms with Crippen LogP contribution in [-0.2, 0) is 0 Å². The predicted molar refractivity (Wildman–Crippen MR) is 68.0 cm³/mol. The van der Waals surface area contributed by atoms with E-state index in [0.29, 0.717) is 6.04 Å². The van der Waals surface area contributed by atoms with Crippen LogP contribution in [0.5, 0.6) is 0 Å². The summed E-state index contributed by atoms with van der Waals surface area (Å²) in [6.45, 7) is 4.25. The number of hydrogen-bond donors (Lipinski definition) is 1. The fourth-order valence-electron chi connectivity index (χ4n) is 2.75. The largest absolute Gasteiger partial charge is 0.391 e. The number of hydrogen-bond acceptors (Lipinski definition) is 2. The molecule has 0 aromatic heterocycles. The number of nitrogens with zero attached hydrogens (tertiary/aromatic N) is 1. The lowest BCUT2D eigenvalue weighted by Gasteiger charge is -2.30. The van der Waals surface area contributed by atoms with Gasteiger partial charge in [-0.05, 0) is 44.7 Å². The first-order valence-corrected chi connectivity index (χ1v) is 6.08. The molecule has 1 saturated carbocycles. The summed E-state index contributed by atoms with van der Waals surface area (Å²) in [6.07, 6.45) is 3.03. The fraction of sp³-hybridized carbons (Fsp3) is 0.571. The Kier molecular flexibility index (Phi) is 3.20. The van der Waals surface area contributed by atoms with Crippen LogP contribution < -0.4 is 4.90 Å². The maximum Gasteiger partial charge on any atom is 0.0743 e. The van der Waals surface area contributed by atoms with Crippen molar-refractivity contribution in [1.82, 2.24) is 0 Å². The third kappa shape index (κ3) is 2.07. The second kappa shape index (κ2) is 4.46. The van der Waals surface area contributed by atoms with Gasteiger partial charge in [0, 0.05) is 12.7 Å². The van der Waals surface area contributed by atoms with Crippen LogP contribution in [0.3, 0.4) is 0 Å². The monoisotopic (exact) mass is 219 g/mol. The zero-order chi connectivity index (χ0) is 11.7. The van der Waals surface area contributed by atoms with Crippen molar-refractivity contribution in [2.75, 3.05) is 11.9 Å². The Morgan fingerprint density at radius 2 is 2.00 bits per heavy atom. The number of aliphatic hydroxyl groups is 1. The SMILES string of the molecule is Cc1ccc(N(C)[C@H]2CCC[C@@H]2O)c(C)c1. The van der Waals surface area contributed by atoms with Gasteiger partial charge in [0.1, 0.15) is 0 Å². The molecule has 0 aliphatic heterocycles. The standard InChI is InChI=1S/C14H21NO/c1-10-7-8-12(11(2)9-10)15(3)13-5-4-6-14(13)16/h7-9,13-14,16H,4-6H2,1-3H3/t13-,14-/m0/s1. The first-order chi connectivity index (χ1) is 7.59. The van der Waals surface area contributed by atoms with Gasteiger partial charge in [0.2, 0.25) is 0 Å². The van der Waals surface area contributed by atoms with E-state index in [9.17, 15) is 5.11 Å². The van der Waals surface area contributed by atoms with Gasteiger partial charge in [0.05, 0.1) is 12.1 Å². The van der Waals surface area contributed by atoms with Crippen LogP contribution in [0.4, 0.5) is 5.69 Å². The molecule has 2 atom stereocenters. The summed E-state index contributed by atoms with van der Waals surface area (Å²) < 4.78 is 0. The molecule has 0 amide bonds. The summed E-state index contributed by atoms with van der Waals surface area (Å²) in [5, 5.41) is 9.92. The summed E-state index contributed by atoms with van der Waals surface area (Å²) in [4.78, 5) is 2.24. The minimum absolute atomic E-state index is 0.161. The van der Waals surface area contributed by atoms with Gasteiger partial charge in [0.25, 0.3) is 0 Å². The Labute approximate surface area is 97.9 Å².